The molecule has 0 radical (unpaired) electrons. The van der Waals surface area contributed by atoms with Crippen molar-refractivity contribution in [1.82, 2.24) is 0 Å². The number of aliphatic imine (C=N–C) groups is 1. The quantitative estimate of drug-likeness (QED) is 0.730. The van der Waals surface area contributed by atoms with Gasteiger partial charge in [0.2, 0.25) is 0 Å². The standard InChI is InChI=1S/C22H26N2/c1-17(21(23)18-11-5-2-6-12-18)22(19-13-7-3-8-14-19)24-20-15-9-4-10-16-20/h3-4,7-10,13-16,18H,2,5-6,11-12,23H2,1H3/b21-17+,24-22?. The number of hydrogen-bond donors (Lipinski definition) is 1. The Morgan fingerprint density at radius 1 is 0.875 bits per heavy atom. The van der Waals surface area contributed by atoms with Crippen LogP contribution in [0.1, 0.15) is 44.6 Å². The van der Waals surface area contributed by atoms with E-state index in [0.717, 1.165) is 28.2 Å². The molecule has 0 spiro atoms. The third-order valence-corrected chi connectivity index (χ3v) is 4.88. The van der Waals surface area contributed by atoms with Crippen molar-refractivity contribution in [2.45, 2.75) is 39.0 Å². The van der Waals surface area contributed by atoms with E-state index >= 15 is 0 Å². The van der Waals surface area contributed by atoms with E-state index in [1.807, 2.05) is 36.4 Å². The average Bonchev–Trinajstić information content (AvgIpc) is 2.67. The maximum atomic E-state index is 6.58. The Morgan fingerprint density at radius 2 is 1.46 bits per heavy atom. The summed E-state index contributed by atoms with van der Waals surface area (Å²) in [5, 5.41) is 0. The number of para-hydroxylation sites is 1. The average molecular weight is 318 g/mol. The molecule has 1 aliphatic carbocycles. The first kappa shape index (κ1) is 16.5. The highest BCUT2D eigenvalue weighted by molar-refractivity contribution is 6.13. The van der Waals surface area contributed by atoms with E-state index in [1.165, 1.54) is 32.1 Å². The first-order valence-electron chi connectivity index (χ1n) is 8.91. The molecule has 0 aliphatic heterocycles. The van der Waals surface area contributed by atoms with Gasteiger partial charge in [0.25, 0.3) is 0 Å². The molecule has 0 saturated heterocycles. The first-order chi connectivity index (χ1) is 11.8. The molecule has 2 nitrogen and oxygen atoms in total. The summed E-state index contributed by atoms with van der Waals surface area (Å²) < 4.78 is 0. The van der Waals surface area contributed by atoms with Gasteiger partial charge < -0.3 is 5.73 Å². The number of hydrogen-bond acceptors (Lipinski definition) is 2. The highest BCUT2D eigenvalue weighted by Crippen LogP contribution is 2.30. The van der Waals surface area contributed by atoms with Crippen LogP contribution < -0.4 is 5.73 Å². The van der Waals surface area contributed by atoms with Crippen LogP contribution in [0.3, 0.4) is 0 Å². The Bertz CT molecular complexity index is 708. The smallest absolute Gasteiger partial charge is 0.0755 e. The molecule has 0 bridgehead atoms. The van der Waals surface area contributed by atoms with Gasteiger partial charge in [-0.25, -0.2) is 4.99 Å². The van der Waals surface area contributed by atoms with Gasteiger partial charge in [0, 0.05) is 11.3 Å². The Morgan fingerprint density at radius 3 is 2.08 bits per heavy atom. The predicted molar refractivity (Wildman–Crippen MR) is 103 cm³/mol. The molecule has 0 amide bonds. The van der Waals surface area contributed by atoms with Gasteiger partial charge in [-0.2, -0.15) is 0 Å². The van der Waals surface area contributed by atoms with Gasteiger partial charge >= 0.3 is 0 Å². The molecule has 0 heterocycles. The van der Waals surface area contributed by atoms with Gasteiger partial charge in [0.05, 0.1) is 11.4 Å². The minimum absolute atomic E-state index is 0.503. The monoisotopic (exact) mass is 318 g/mol. The third kappa shape index (κ3) is 3.94. The summed E-state index contributed by atoms with van der Waals surface area (Å²) in [5.74, 6) is 0.503. The minimum atomic E-state index is 0.503. The maximum absolute atomic E-state index is 6.58. The molecule has 0 aromatic heterocycles. The van der Waals surface area contributed by atoms with E-state index in [0.29, 0.717) is 5.92 Å². The van der Waals surface area contributed by atoms with Crippen LogP contribution in [0.25, 0.3) is 0 Å². The van der Waals surface area contributed by atoms with Crippen molar-refractivity contribution in [3.05, 3.63) is 77.5 Å². The molecule has 124 valence electrons. The fraction of sp³-hybridized carbons (Fsp3) is 0.318. The summed E-state index contributed by atoms with van der Waals surface area (Å²) in [4.78, 5) is 4.92. The van der Waals surface area contributed by atoms with Gasteiger partial charge in [0.1, 0.15) is 0 Å². The van der Waals surface area contributed by atoms with Crippen LogP contribution in [-0.4, -0.2) is 5.71 Å². The lowest BCUT2D eigenvalue weighted by atomic mass is 9.84. The van der Waals surface area contributed by atoms with E-state index in [1.54, 1.807) is 0 Å². The van der Waals surface area contributed by atoms with Crippen LogP contribution in [0.2, 0.25) is 0 Å². The van der Waals surface area contributed by atoms with Gasteiger partial charge in [0.15, 0.2) is 0 Å². The van der Waals surface area contributed by atoms with Crippen molar-refractivity contribution in [2.75, 3.05) is 0 Å². The second-order valence-electron chi connectivity index (χ2n) is 6.58. The third-order valence-electron chi connectivity index (χ3n) is 4.88. The van der Waals surface area contributed by atoms with Crippen LogP contribution in [0.15, 0.2) is 76.9 Å². The van der Waals surface area contributed by atoms with Crippen LogP contribution in [0, 0.1) is 5.92 Å². The second-order valence-corrected chi connectivity index (χ2v) is 6.58. The lowest BCUT2D eigenvalue weighted by Crippen LogP contribution is -2.20. The Balaban J connectivity index is 2.02. The zero-order valence-electron chi connectivity index (χ0n) is 14.4. The summed E-state index contributed by atoms with van der Waals surface area (Å²) in [6, 6.07) is 20.5. The summed E-state index contributed by atoms with van der Waals surface area (Å²) in [6.45, 7) is 2.12. The minimum Gasteiger partial charge on any atom is -0.402 e. The Labute approximate surface area is 145 Å². The summed E-state index contributed by atoms with van der Waals surface area (Å²) in [5.41, 5.74) is 11.8. The SMILES string of the molecule is C/C(C(=Nc1ccccc1)c1ccccc1)=C(\N)C1CCCCC1. The van der Waals surface area contributed by atoms with Gasteiger partial charge in [-0.1, -0.05) is 67.8 Å². The largest absolute Gasteiger partial charge is 0.402 e. The molecular weight excluding hydrogens is 292 g/mol. The van der Waals surface area contributed by atoms with E-state index in [-0.39, 0.29) is 0 Å². The zero-order chi connectivity index (χ0) is 16.8. The fourth-order valence-electron chi connectivity index (χ4n) is 3.45. The van der Waals surface area contributed by atoms with E-state index in [2.05, 4.69) is 31.2 Å². The molecule has 3 rings (SSSR count). The van der Waals surface area contributed by atoms with Crippen LogP contribution >= 0.6 is 0 Å². The molecule has 0 unspecified atom stereocenters. The lowest BCUT2D eigenvalue weighted by Gasteiger charge is -2.24. The highest BCUT2D eigenvalue weighted by atomic mass is 14.8. The van der Waals surface area contributed by atoms with Crippen molar-refractivity contribution in [2.24, 2.45) is 16.6 Å². The maximum Gasteiger partial charge on any atom is 0.0755 e. The van der Waals surface area contributed by atoms with E-state index in [9.17, 15) is 0 Å². The van der Waals surface area contributed by atoms with Crippen molar-refractivity contribution in [3.63, 3.8) is 0 Å². The van der Waals surface area contributed by atoms with Crippen molar-refractivity contribution in [3.8, 4) is 0 Å². The number of nitrogens with two attached hydrogens (primary N) is 1. The van der Waals surface area contributed by atoms with Gasteiger partial charge in [-0.3, -0.25) is 0 Å². The summed E-state index contributed by atoms with van der Waals surface area (Å²) in [6.07, 6.45) is 6.32. The molecule has 2 aromatic rings. The van der Waals surface area contributed by atoms with Crippen LogP contribution in [-0.2, 0) is 0 Å². The Hall–Kier alpha value is -2.35. The topological polar surface area (TPSA) is 38.4 Å². The van der Waals surface area contributed by atoms with Crippen molar-refractivity contribution >= 4 is 11.4 Å². The fourth-order valence-corrected chi connectivity index (χ4v) is 3.45. The molecule has 24 heavy (non-hydrogen) atoms. The summed E-state index contributed by atoms with van der Waals surface area (Å²) in [7, 11) is 0. The molecular formula is C22H26N2. The number of nitrogens with zero attached hydrogens (tertiary/aromatic N) is 1. The normalized spacial score (nSPS) is 17.5. The first-order valence-corrected chi connectivity index (χ1v) is 8.91. The number of rotatable bonds is 4. The molecule has 1 fully saturated rings. The lowest BCUT2D eigenvalue weighted by molar-refractivity contribution is 0.399. The Kier molecular flexibility index (Phi) is 5.47. The van der Waals surface area contributed by atoms with Gasteiger partial charge in [-0.05, 0) is 43.4 Å². The highest BCUT2D eigenvalue weighted by Gasteiger charge is 2.20. The van der Waals surface area contributed by atoms with Crippen molar-refractivity contribution in [1.29, 1.82) is 0 Å². The van der Waals surface area contributed by atoms with E-state index in [4.69, 9.17) is 10.7 Å². The van der Waals surface area contributed by atoms with Crippen molar-refractivity contribution < 1.29 is 0 Å². The zero-order valence-corrected chi connectivity index (χ0v) is 14.4. The molecule has 2 aromatic carbocycles. The number of allylic oxidation sites excluding steroid dienone is 2. The van der Waals surface area contributed by atoms with E-state index < -0.39 is 0 Å². The summed E-state index contributed by atoms with van der Waals surface area (Å²) >= 11 is 0. The molecule has 2 heteroatoms. The molecule has 2 N–H and O–H groups in total. The number of benzene rings is 2. The molecule has 1 saturated carbocycles. The van der Waals surface area contributed by atoms with Crippen LogP contribution in [0.4, 0.5) is 5.69 Å². The second kappa shape index (κ2) is 7.96. The van der Waals surface area contributed by atoms with Crippen LogP contribution in [0.5, 0.6) is 0 Å². The van der Waals surface area contributed by atoms with Gasteiger partial charge in [-0.15, -0.1) is 0 Å². The molecule has 0 atom stereocenters. The molecule has 1 aliphatic rings. The predicted octanol–water partition coefficient (Wildman–Crippen LogP) is 5.62.